The lowest BCUT2D eigenvalue weighted by molar-refractivity contribution is 0.0697. The number of aromatic nitrogens is 3. The third-order valence-corrected chi connectivity index (χ3v) is 4.64. The summed E-state index contributed by atoms with van der Waals surface area (Å²) in [6.07, 6.45) is 6.55. The number of hydrazone groups is 1. The summed E-state index contributed by atoms with van der Waals surface area (Å²) in [5.41, 5.74) is 4.35. The van der Waals surface area contributed by atoms with Gasteiger partial charge in [-0.1, -0.05) is 6.07 Å². The van der Waals surface area contributed by atoms with Crippen molar-refractivity contribution >= 4 is 24.0 Å². The number of carbonyl (C=O) groups is 1. The van der Waals surface area contributed by atoms with Crippen LogP contribution in [0.3, 0.4) is 0 Å². The van der Waals surface area contributed by atoms with E-state index in [0.717, 1.165) is 37.8 Å². The highest BCUT2D eigenvalue weighted by atomic mass is 19.1. The van der Waals surface area contributed by atoms with Crippen LogP contribution < -0.4 is 10.3 Å². The SMILES string of the molecule is O=C(O)c1cccc(-n2cccc2/C=N/Nc2ncc(F)c(N3CCCC3)n2)c1. The van der Waals surface area contributed by atoms with Crippen molar-refractivity contribution in [2.75, 3.05) is 23.4 Å². The van der Waals surface area contributed by atoms with Gasteiger partial charge in [-0.05, 0) is 43.2 Å². The number of hydrogen-bond acceptors (Lipinski definition) is 6. The molecule has 0 unspecified atom stereocenters. The molecule has 1 aliphatic heterocycles. The summed E-state index contributed by atoms with van der Waals surface area (Å²) in [7, 11) is 0. The number of benzene rings is 1. The summed E-state index contributed by atoms with van der Waals surface area (Å²) in [6, 6.07) is 10.3. The number of carboxylic acids is 1. The average Bonchev–Trinajstić information content (AvgIpc) is 3.41. The number of carboxylic acid groups (broad SMARTS) is 1. The van der Waals surface area contributed by atoms with Crippen molar-refractivity contribution in [1.82, 2.24) is 14.5 Å². The van der Waals surface area contributed by atoms with Crippen molar-refractivity contribution < 1.29 is 14.3 Å². The number of aromatic carboxylic acids is 1. The van der Waals surface area contributed by atoms with Gasteiger partial charge in [0.15, 0.2) is 11.6 Å². The van der Waals surface area contributed by atoms with Crippen LogP contribution in [0.15, 0.2) is 53.9 Å². The molecule has 2 N–H and O–H groups in total. The minimum Gasteiger partial charge on any atom is -0.478 e. The predicted octanol–water partition coefficient (Wildman–Crippen LogP) is 3.15. The Hall–Kier alpha value is -3.75. The van der Waals surface area contributed by atoms with Crippen molar-refractivity contribution in [3.05, 3.63) is 65.9 Å². The Morgan fingerprint density at radius 2 is 2.07 bits per heavy atom. The Kier molecular flexibility index (Phi) is 5.19. The third kappa shape index (κ3) is 4.08. The number of nitrogens with zero attached hydrogens (tertiary/aromatic N) is 5. The highest BCUT2D eigenvalue weighted by Gasteiger charge is 2.18. The molecule has 8 nitrogen and oxygen atoms in total. The van der Waals surface area contributed by atoms with Crippen LogP contribution in [0.1, 0.15) is 28.9 Å². The summed E-state index contributed by atoms with van der Waals surface area (Å²) in [6.45, 7) is 1.55. The molecular weight excluding hydrogens is 375 g/mol. The van der Waals surface area contributed by atoms with Gasteiger partial charge in [-0.15, -0.1) is 0 Å². The molecule has 0 atom stereocenters. The zero-order valence-corrected chi connectivity index (χ0v) is 15.5. The predicted molar refractivity (Wildman–Crippen MR) is 107 cm³/mol. The molecule has 0 spiro atoms. The summed E-state index contributed by atoms with van der Waals surface area (Å²) in [5.74, 6) is -0.952. The van der Waals surface area contributed by atoms with Gasteiger partial charge in [0.2, 0.25) is 5.95 Å². The molecule has 2 aromatic heterocycles. The molecule has 0 bridgehead atoms. The normalized spacial score (nSPS) is 13.9. The van der Waals surface area contributed by atoms with Crippen molar-refractivity contribution in [1.29, 1.82) is 0 Å². The van der Waals surface area contributed by atoms with E-state index in [2.05, 4.69) is 20.5 Å². The van der Waals surface area contributed by atoms with Crippen molar-refractivity contribution in [2.45, 2.75) is 12.8 Å². The van der Waals surface area contributed by atoms with E-state index in [1.807, 2.05) is 29.3 Å². The number of rotatable bonds is 6. The van der Waals surface area contributed by atoms with Gasteiger partial charge in [-0.2, -0.15) is 10.1 Å². The van der Waals surface area contributed by atoms with E-state index in [-0.39, 0.29) is 17.3 Å². The maximum atomic E-state index is 14.0. The second-order valence-corrected chi connectivity index (χ2v) is 6.59. The van der Waals surface area contributed by atoms with Crippen LogP contribution in [0.25, 0.3) is 5.69 Å². The first-order valence-corrected chi connectivity index (χ1v) is 9.19. The molecule has 1 fully saturated rings. The Bertz CT molecular complexity index is 1060. The van der Waals surface area contributed by atoms with Gasteiger partial charge in [-0.3, -0.25) is 0 Å². The van der Waals surface area contributed by atoms with Gasteiger partial charge in [-0.25, -0.2) is 19.6 Å². The number of hydrogen-bond donors (Lipinski definition) is 2. The molecule has 1 aliphatic rings. The van der Waals surface area contributed by atoms with Crippen LogP contribution in [-0.2, 0) is 0 Å². The Morgan fingerprint density at radius 1 is 1.24 bits per heavy atom. The van der Waals surface area contributed by atoms with Crippen LogP contribution in [0.5, 0.6) is 0 Å². The molecule has 0 amide bonds. The van der Waals surface area contributed by atoms with E-state index < -0.39 is 11.8 Å². The van der Waals surface area contributed by atoms with E-state index in [0.29, 0.717) is 5.69 Å². The molecule has 0 radical (unpaired) electrons. The first-order chi connectivity index (χ1) is 14.1. The minimum absolute atomic E-state index is 0.200. The molecule has 4 rings (SSSR count). The van der Waals surface area contributed by atoms with Crippen LogP contribution in [0.2, 0.25) is 0 Å². The van der Waals surface area contributed by atoms with E-state index >= 15 is 0 Å². The van der Waals surface area contributed by atoms with Gasteiger partial charge in [0, 0.05) is 25.0 Å². The Morgan fingerprint density at radius 3 is 2.86 bits per heavy atom. The van der Waals surface area contributed by atoms with Crippen LogP contribution in [0, 0.1) is 5.82 Å². The molecule has 3 aromatic rings. The molecule has 9 heteroatoms. The van der Waals surface area contributed by atoms with Crippen molar-refractivity contribution in [2.24, 2.45) is 5.10 Å². The summed E-state index contributed by atoms with van der Waals surface area (Å²) < 4.78 is 15.8. The van der Waals surface area contributed by atoms with Crippen LogP contribution in [0.4, 0.5) is 16.2 Å². The average molecular weight is 394 g/mol. The fourth-order valence-electron chi connectivity index (χ4n) is 3.24. The number of nitrogens with one attached hydrogen (secondary N) is 1. The highest BCUT2D eigenvalue weighted by Crippen LogP contribution is 2.21. The van der Waals surface area contributed by atoms with Crippen LogP contribution in [-0.4, -0.2) is 44.9 Å². The number of anilines is 2. The molecule has 3 heterocycles. The van der Waals surface area contributed by atoms with E-state index in [4.69, 9.17) is 0 Å². The smallest absolute Gasteiger partial charge is 0.335 e. The zero-order chi connectivity index (χ0) is 20.2. The molecule has 1 saturated heterocycles. The van der Waals surface area contributed by atoms with E-state index in [9.17, 15) is 14.3 Å². The van der Waals surface area contributed by atoms with E-state index in [1.54, 1.807) is 22.9 Å². The maximum absolute atomic E-state index is 14.0. The second-order valence-electron chi connectivity index (χ2n) is 6.59. The lowest BCUT2D eigenvalue weighted by Gasteiger charge is -2.16. The van der Waals surface area contributed by atoms with Crippen LogP contribution >= 0.6 is 0 Å². The fourth-order valence-corrected chi connectivity index (χ4v) is 3.24. The van der Waals surface area contributed by atoms with Gasteiger partial charge in [0.05, 0.1) is 23.7 Å². The number of halogens is 1. The monoisotopic (exact) mass is 394 g/mol. The van der Waals surface area contributed by atoms with Gasteiger partial charge < -0.3 is 14.6 Å². The molecule has 148 valence electrons. The Balaban J connectivity index is 1.51. The zero-order valence-electron chi connectivity index (χ0n) is 15.5. The molecule has 0 saturated carbocycles. The first-order valence-electron chi connectivity index (χ1n) is 9.19. The standard InChI is InChI=1S/C20H19FN6O2/c21-17-13-22-20(24-18(17)26-8-1-2-9-26)25-23-12-16-7-4-10-27(16)15-6-3-5-14(11-15)19(28)29/h3-7,10-13H,1-2,8-9H2,(H,28,29)(H,22,24,25)/b23-12+. The van der Waals surface area contributed by atoms with Gasteiger partial charge >= 0.3 is 5.97 Å². The fraction of sp³-hybridized carbons (Fsp3) is 0.200. The topological polar surface area (TPSA) is 95.6 Å². The van der Waals surface area contributed by atoms with E-state index in [1.165, 1.54) is 6.07 Å². The van der Waals surface area contributed by atoms with Gasteiger partial charge in [0.25, 0.3) is 0 Å². The van der Waals surface area contributed by atoms with Gasteiger partial charge in [0.1, 0.15) is 0 Å². The molecule has 29 heavy (non-hydrogen) atoms. The summed E-state index contributed by atoms with van der Waals surface area (Å²) in [4.78, 5) is 21.2. The third-order valence-electron chi connectivity index (χ3n) is 4.64. The summed E-state index contributed by atoms with van der Waals surface area (Å²) >= 11 is 0. The highest BCUT2D eigenvalue weighted by molar-refractivity contribution is 5.88. The molecule has 0 aliphatic carbocycles. The van der Waals surface area contributed by atoms with Crippen molar-refractivity contribution in [3.8, 4) is 5.69 Å². The molecule has 1 aromatic carbocycles. The maximum Gasteiger partial charge on any atom is 0.335 e. The lowest BCUT2D eigenvalue weighted by Crippen LogP contribution is -2.21. The largest absolute Gasteiger partial charge is 0.478 e. The second kappa shape index (κ2) is 8.09. The molecular formula is C20H19FN6O2. The first kappa shape index (κ1) is 18.6. The lowest BCUT2D eigenvalue weighted by atomic mass is 10.2. The quantitative estimate of drug-likeness (QED) is 0.493. The van der Waals surface area contributed by atoms with Crippen molar-refractivity contribution in [3.63, 3.8) is 0 Å². The minimum atomic E-state index is -0.988. The summed E-state index contributed by atoms with van der Waals surface area (Å²) in [5, 5.41) is 13.3. The Labute approximate surface area is 166 Å².